The minimum absolute atomic E-state index is 0.337. The summed E-state index contributed by atoms with van der Waals surface area (Å²) in [6.07, 6.45) is 0. The van der Waals surface area contributed by atoms with Gasteiger partial charge in [-0.15, -0.1) is 0 Å². The first-order chi connectivity index (χ1) is 9.55. The lowest BCUT2D eigenvalue weighted by molar-refractivity contribution is 0.595. The van der Waals surface area contributed by atoms with Crippen molar-refractivity contribution in [1.82, 2.24) is 9.78 Å². The molecule has 0 bridgehead atoms. The van der Waals surface area contributed by atoms with Gasteiger partial charge in [-0.25, -0.2) is 8.42 Å². The fourth-order valence-corrected chi connectivity index (χ4v) is 6.42. The lowest BCUT2D eigenvalue weighted by Crippen LogP contribution is -2.42. The topological polar surface area (TPSA) is 52.0 Å². The van der Waals surface area contributed by atoms with Gasteiger partial charge < -0.3 is 0 Å². The smallest absolute Gasteiger partial charge is 0.209 e. The summed E-state index contributed by atoms with van der Waals surface area (Å²) in [6.45, 7) is 10.1. The maximum absolute atomic E-state index is 13.0. The minimum Gasteiger partial charge on any atom is -0.272 e. The third-order valence-electron chi connectivity index (χ3n) is 3.59. The molecule has 21 heavy (non-hydrogen) atoms. The number of sulfone groups is 1. The fraction of sp³-hybridized carbons (Fsp3) is 0.400. The van der Waals surface area contributed by atoms with Crippen molar-refractivity contribution in [1.29, 1.82) is 0 Å². The number of rotatable bonds is 3. The Balaban J connectivity index is 2.74. The summed E-state index contributed by atoms with van der Waals surface area (Å²) in [4.78, 5) is 0.733. The first kappa shape index (κ1) is 16.0. The summed E-state index contributed by atoms with van der Waals surface area (Å²) in [5.74, 6) is 0. The Morgan fingerprint density at radius 1 is 1.05 bits per heavy atom. The van der Waals surface area contributed by atoms with Crippen LogP contribution in [0, 0.1) is 13.8 Å². The van der Waals surface area contributed by atoms with E-state index in [-0.39, 0.29) is 0 Å². The van der Waals surface area contributed by atoms with Gasteiger partial charge in [-0.05, 0) is 26.0 Å². The van der Waals surface area contributed by atoms with E-state index in [4.69, 9.17) is 0 Å². The van der Waals surface area contributed by atoms with Gasteiger partial charge in [0.1, 0.15) is 13.0 Å². The average Bonchev–Trinajstić information content (AvgIpc) is 2.67. The molecule has 4 nitrogen and oxygen atoms in total. The molecule has 114 valence electrons. The highest BCUT2D eigenvalue weighted by molar-refractivity contribution is 7.91. The van der Waals surface area contributed by atoms with Crippen LogP contribution in [-0.4, -0.2) is 26.3 Å². The van der Waals surface area contributed by atoms with Crippen molar-refractivity contribution in [3.05, 3.63) is 35.5 Å². The minimum atomic E-state index is -3.53. The first-order valence-corrected chi connectivity index (χ1v) is 11.9. The zero-order chi connectivity index (χ0) is 16.0. The van der Waals surface area contributed by atoms with Gasteiger partial charge in [-0.2, -0.15) is 5.10 Å². The van der Waals surface area contributed by atoms with Crippen LogP contribution in [0.2, 0.25) is 19.6 Å². The van der Waals surface area contributed by atoms with Crippen LogP contribution in [-0.2, 0) is 16.9 Å². The van der Waals surface area contributed by atoms with Gasteiger partial charge in [0.2, 0.25) is 9.84 Å². The maximum atomic E-state index is 13.0. The molecule has 0 aliphatic heterocycles. The zero-order valence-corrected chi connectivity index (χ0v) is 15.2. The van der Waals surface area contributed by atoms with Crippen molar-refractivity contribution in [3.63, 3.8) is 0 Å². The summed E-state index contributed by atoms with van der Waals surface area (Å²) in [7, 11) is -3.58. The molecule has 1 aromatic heterocycles. The van der Waals surface area contributed by atoms with Crippen molar-refractivity contribution in [2.75, 3.05) is 0 Å². The van der Waals surface area contributed by atoms with Crippen LogP contribution >= 0.6 is 0 Å². The quantitative estimate of drug-likeness (QED) is 0.816. The van der Waals surface area contributed by atoms with Gasteiger partial charge in [0.15, 0.2) is 0 Å². The third kappa shape index (κ3) is 2.82. The summed E-state index contributed by atoms with van der Waals surface area (Å²) in [6, 6.07) is 7.00. The monoisotopic (exact) mass is 322 g/mol. The van der Waals surface area contributed by atoms with Crippen molar-refractivity contribution < 1.29 is 8.42 Å². The summed E-state index contributed by atoms with van der Waals surface area (Å²) in [5, 5.41) is 5.24. The lowest BCUT2D eigenvalue weighted by Gasteiger charge is -2.15. The molecule has 0 fully saturated rings. The molecule has 0 N–H and O–H groups in total. The second-order valence-corrected chi connectivity index (χ2v) is 13.3. The normalized spacial score (nSPS) is 12.7. The van der Waals surface area contributed by atoms with Crippen molar-refractivity contribution in [2.24, 2.45) is 7.05 Å². The predicted molar refractivity (Wildman–Crippen MR) is 87.6 cm³/mol. The molecule has 0 aliphatic carbocycles. The second-order valence-electron chi connectivity index (χ2n) is 6.45. The van der Waals surface area contributed by atoms with E-state index in [0.717, 1.165) is 10.9 Å². The molecule has 0 saturated carbocycles. The van der Waals surface area contributed by atoms with Crippen LogP contribution in [0.3, 0.4) is 0 Å². The van der Waals surface area contributed by atoms with Gasteiger partial charge in [0, 0.05) is 7.05 Å². The molecular formula is C15H22N2O2SSi. The molecule has 6 heteroatoms. The Morgan fingerprint density at radius 2 is 1.57 bits per heavy atom. The van der Waals surface area contributed by atoms with E-state index in [9.17, 15) is 8.42 Å². The Bertz CT molecular complexity index is 769. The number of hydrogen-bond acceptors (Lipinski definition) is 3. The van der Waals surface area contributed by atoms with Gasteiger partial charge in [0.05, 0.1) is 15.9 Å². The molecular weight excluding hydrogens is 300 g/mol. The molecule has 2 aromatic rings. The average molecular weight is 323 g/mol. The molecule has 0 amide bonds. The van der Waals surface area contributed by atoms with Crippen LogP contribution in [0.5, 0.6) is 0 Å². The van der Waals surface area contributed by atoms with E-state index in [1.807, 2.05) is 26.0 Å². The van der Waals surface area contributed by atoms with Crippen LogP contribution < -0.4 is 5.32 Å². The van der Waals surface area contributed by atoms with Crippen LogP contribution in [0.1, 0.15) is 11.3 Å². The molecule has 1 aromatic carbocycles. The second kappa shape index (κ2) is 5.10. The summed E-state index contributed by atoms with van der Waals surface area (Å²) >= 11 is 0. The SMILES string of the molecule is Cc1ccc(S(=O)(=O)c2c([Si](C)(C)C)nn(C)c2C)cc1. The maximum Gasteiger partial charge on any atom is 0.209 e. The lowest BCUT2D eigenvalue weighted by atomic mass is 10.2. The van der Waals surface area contributed by atoms with E-state index >= 15 is 0 Å². The molecule has 0 aliphatic rings. The van der Waals surface area contributed by atoms with Gasteiger partial charge in [-0.3, -0.25) is 4.68 Å². The van der Waals surface area contributed by atoms with Gasteiger partial charge in [0.25, 0.3) is 0 Å². The van der Waals surface area contributed by atoms with Crippen LogP contribution in [0.25, 0.3) is 0 Å². The van der Waals surface area contributed by atoms with E-state index < -0.39 is 17.9 Å². The standard InChI is InChI=1S/C15H22N2O2SSi/c1-11-7-9-13(10-8-11)20(18,19)14-12(2)17(3)16-15(14)21(4,5)6/h7-10H,1-6H3. The van der Waals surface area contributed by atoms with Crippen LogP contribution in [0.15, 0.2) is 34.1 Å². The largest absolute Gasteiger partial charge is 0.272 e. The number of aromatic nitrogens is 2. The van der Waals surface area contributed by atoms with Crippen molar-refractivity contribution in [3.8, 4) is 0 Å². The highest BCUT2D eigenvalue weighted by atomic mass is 32.2. The Morgan fingerprint density at radius 3 is 2.05 bits per heavy atom. The molecule has 0 spiro atoms. The fourth-order valence-electron chi connectivity index (χ4n) is 2.24. The summed E-state index contributed by atoms with van der Waals surface area (Å²) in [5.41, 5.74) is 1.75. The van der Waals surface area contributed by atoms with E-state index in [2.05, 4.69) is 24.7 Å². The third-order valence-corrected chi connectivity index (χ3v) is 7.46. The molecule has 0 unspecified atom stereocenters. The zero-order valence-electron chi connectivity index (χ0n) is 13.4. The predicted octanol–water partition coefficient (Wildman–Crippen LogP) is 2.41. The van der Waals surface area contributed by atoms with Gasteiger partial charge >= 0.3 is 0 Å². The Labute approximate surface area is 127 Å². The number of benzene rings is 1. The van der Waals surface area contributed by atoms with E-state index in [0.29, 0.717) is 15.5 Å². The molecule has 2 rings (SSSR count). The van der Waals surface area contributed by atoms with Gasteiger partial charge in [-0.1, -0.05) is 37.3 Å². The van der Waals surface area contributed by atoms with Crippen molar-refractivity contribution >= 4 is 23.2 Å². The highest BCUT2D eigenvalue weighted by Gasteiger charge is 2.34. The molecule has 0 saturated heterocycles. The molecule has 1 heterocycles. The summed E-state index contributed by atoms with van der Waals surface area (Å²) < 4.78 is 27.7. The first-order valence-electron chi connectivity index (χ1n) is 6.91. The van der Waals surface area contributed by atoms with Crippen molar-refractivity contribution in [2.45, 2.75) is 43.3 Å². The Kier molecular flexibility index (Phi) is 3.88. The molecule has 0 atom stereocenters. The number of nitrogens with zero attached hydrogens (tertiary/aromatic N) is 2. The van der Waals surface area contributed by atoms with Crippen LogP contribution in [0.4, 0.5) is 0 Å². The van der Waals surface area contributed by atoms with E-state index in [1.54, 1.807) is 23.9 Å². The Hall–Kier alpha value is -1.40. The highest BCUT2D eigenvalue weighted by Crippen LogP contribution is 2.24. The molecule has 0 radical (unpaired) electrons. The number of hydrogen-bond donors (Lipinski definition) is 0. The van der Waals surface area contributed by atoms with E-state index in [1.165, 1.54) is 0 Å². The number of aryl methyl sites for hydroxylation is 2.